The third-order valence-corrected chi connectivity index (χ3v) is 6.73. The van der Waals surface area contributed by atoms with Crippen LogP contribution in [-0.2, 0) is 15.1 Å². The molecule has 0 spiro atoms. The summed E-state index contributed by atoms with van der Waals surface area (Å²) < 4.78 is 1.83. The second-order valence-corrected chi connectivity index (χ2v) is 9.15. The molecule has 0 radical (unpaired) electrons. The molecule has 4 amide bonds. The van der Waals surface area contributed by atoms with Crippen LogP contribution in [0, 0.1) is 0 Å². The number of anilines is 1. The molecule has 4 aromatic carbocycles. The van der Waals surface area contributed by atoms with E-state index in [-0.39, 0.29) is 0 Å². The Balaban J connectivity index is 1.27. The van der Waals surface area contributed by atoms with E-state index in [4.69, 9.17) is 0 Å². The molecule has 1 saturated heterocycles. The Morgan fingerprint density at radius 3 is 2.41 bits per heavy atom. The molecule has 2 heterocycles. The summed E-state index contributed by atoms with van der Waals surface area (Å²) >= 11 is 0. The number of aromatic nitrogens is 2. The molecule has 5 aromatic rings. The minimum absolute atomic E-state index is 0.307. The number of nitrogens with zero attached hydrogens (tertiary/aromatic N) is 3. The first-order valence-corrected chi connectivity index (χ1v) is 11.9. The summed E-state index contributed by atoms with van der Waals surface area (Å²) in [4.78, 5) is 44.9. The van der Waals surface area contributed by atoms with E-state index in [2.05, 4.69) is 15.6 Å². The Bertz CT molecular complexity index is 1690. The largest absolute Gasteiger partial charge is 0.325 e. The molecule has 8 nitrogen and oxygen atoms in total. The Hall–Kier alpha value is -4.98. The fourth-order valence-electron chi connectivity index (χ4n) is 4.79. The van der Waals surface area contributed by atoms with Crippen LogP contribution >= 0.6 is 0 Å². The lowest BCUT2D eigenvalue weighted by Crippen LogP contribution is -2.42. The van der Waals surface area contributed by atoms with Gasteiger partial charge in [0.25, 0.3) is 5.91 Å². The molecule has 6 rings (SSSR count). The number of benzene rings is 4. The number of carbonyl (C=O) groups is 3. The van der Waals surface area contributed by atoms with E-state index in [1.54, 1.807) is 6.92 Å². The predicted octanol–water partition coefficient (Wildman–Crippen LogP) is 4.58. The summed E-state index contributed by atoms with van der Waals surface area (Å²) in [5.74, 6) is -0.708. The normalized spacial score (nSPS) is 17.4. The average molecular weight is 490 g/mol. The molecule has 37 heavy (non-hydrogen) atoms. The Labute approximate surface area is 212 Å². The molecule has 1 unspecified atom stereocenters. The van der Waals surface area contributed by atoms with E-state index in [1.165, 1.54) is 0 Å². The number of nitrogens with one attached hydrogen (secondary N) is 2. The van der Waals surface area contributed by atoms with E-state index in [0.29, 0.717) is 17.0 Å². The minimum atomic E-state index is -1.28. The lowest BCUT2D eigenvalue weighted by molar-refractivity contribution is -0.133. The van der Waals surface area contributed by atoms with Gasteiger partial charge in [-0.25, -0.2) is 9.78 Å². The summed E-state index contributed by atoms with van der Waals surface area (Å²) in [6.07, 6.45) is 0. The van der Waals surface area contributed by atoms with Crippen molar-refractivity contribution in [2.45, 2.75) is 12.5 Å². The van der Waals surface area contributed by atoms with Gasteiger partial charge in [0.05, 0.1) is 11.0 Å². The zero-order chi connectivity index (χ0) is 25.6. The molecular weight excluding hydrogens is 466 g/mol. The van der Waals surface area contributed by atoms with Gasteiger partial charge in [-0.15, -0.1) is 0 Å². The lowest BCUT2D eigenvalue weighted by Gasteiger charge is -2.22. The van der Waals surface area contributed by atoms with E-state index in [9.17, 15) is 14.4 Å². The molecule has 1 aliphatic heterocycles. The van der Waals surface area contributed by atoms with Crippen LogP contribution in [0.2, 0.25) is 0 Å². The number of urea groups is 1. The SMILES string of the molecule is CC1(c2ccc3ccccc3c2)NC(=O)N(CC(=O)Nc2nc3ccccc3n2-c2ccccc2)C1=O. The molecule has 1 aliphatic rings. The topological polar surface area (TPSA) is 96.3 Å². The zero-order valence-corrected chi connectivity index (χ0v) is 20.0. The van der Waals surface area contributed by atoms with Crippen molar-refractivity contribution in [3.8, 4) is 5.69 Å². The van der Waals surface area contributed by atoms with Gasteiger partial charge in [0.15, 0.2) is 0 Å². The molecular formula is C29H23N5O3. The minimum Gasteiger partial charge on any atom is -0.319 e. The average Bonchev–Trinajstić information content (AvgIpc) is 3.38. The first-order chi connectivity index (χ1) is 17.9. The van der Waals surface area contributed by atoms with Gasteiger partial charge in [-0.3, -0.25) is 24.4 Å². The van der Waals surface area contributed by atoms with Crippen LogP contribution in [0.15, 0.2) is 97.1 Å². The summed E-state index contributed by atoms with van der Waals surface area (Å²) in [5, 5.41) is 7.56. The number of carbonyl (C=O) groups excluding carboxylic acids is 3. The van der Waals surface area contributed by atoms with Crippen LogP contribution in [0.5, 0.6) is 0 Å². The van der Waals surface area contributed by atoms with Crippen molar-refractivity contribution in [2.24, 2.45) is 0 Å². The number of fused-ring (bicyclic) bond motifs is 2. The van der Waals surface area contributed by atoms with E-state index in [1.807, 2.05) is 102 Å². The highest BCUT2D eigenvalue weighted by atomic mass is 16.2. The van der Waals surface area contributed by atoms with Gasteiger partial charge in [0.1, 0.15) is 12.1 Å². The van der Waals surface area contributed by atoms with Crippen molar-refractivity contribution in [2.75, 3.05) is 11.9 Å². The molecule has 0 bridgehead atoms. The first-order valence-electron chi connectivity index (χ1n) is 11.9. The van der Waals surface area contributed by atoms with Crippen molar-refractivity contribution in [3.63, 3.8) is 0 Å². The number of para-hydroxylation sites is 3. The number of amides is 4. The second-order valence-electron chi connectivity index (χ2n) is 9.15. The van der Waals surface area contributed by atoms with Crippen LogP contribution in [-0.4, -0.2) is 38.8 Å². The van der Waals surface area contributed by atoms with Crippen molar-refractivity contribution in [3.05, 3.63) is 103 Å². The fraction of sp³-hybridized carbons (Fsp3) is 0.103. The number of rotatable bonds is 5. The maximum Gasteiger partial charge on any atom is 0.325 e. The van der Waals surface area contributed by atoms with Crippen molar-refractivity contribution >= 4 is 45.6 Å². The predicted molar refractivity (Wildman–Crippen MR) is 141 cm³/mol. The van der Waals surface area contributed by atoms with Gasteiger partial charge >= 0.3 is 6.03 Å². The van der Waals surface area contributed by atoms with Crippen LogP contribution in [0.1, 0.15) is 12.5 Å². The van der Waals surface area contributed by atoms with Crippen LogP contribution in [0.25, 0.3) is 27.5 Å². The summed E-state index contributed by atoms with van der Waals surface area (Å²) in [6, 6.07) is 29.9. The van der Waals surface area contributed by atoms with E-state index >= 15 is 0 Å². The molecule has 8 heteroatoms. The maximum atomic E-state index is 13.4. The molecule has 182 valence electrons. The van der Waals surface area contributed by atoms with E-state index in [0.717, 1.165) is 26.9 Å². The number of hydrogen-bond donors (Lipinski definition) is 2. The van der Waals surface area contributed by atoms with Gasteiger partial charge in [0.2, 0.25) is 11.9 Å². The Kier molecular flexibility index (Phi) is 5.22. The molecule has 0 saturated carbocycles. The number of hydrogen-bond acceptors (Lipinski definition) is 4. The second kappa shape index (κ2) is 8.60. The monoisotopic (exact) mass is 489 g/mol. The smallest absolute Gasteiger partial charge is 0.319 e. The van der Waals surface area contributed by atoms with Gasteiger partial charge in [0, 0.05) is 5.69 Å². The lowest BCUT2D eigenvalue weighted by atomic mass is 9.90. The van der Waals surface area contributed by atoms with Crippen molar-refractivity contribution in [1.29, 1.82) is 0 Å². The highest BCUT2D eigenvalue weighted by Crippen LogP contribution is 2.31. The molecule has 1 atom stereocenters. The summed E-state index contributed by atoms with van der Waals surface area (Å²) in [5.41, 5.74) is 1.73. The fourth-order valence-corrected chi connectivity index (χ4v) is 4.79. The Morgan fingerprint density at radius 2 is 1.59 bits per heavy atom. The number of imidazole rings is 1. The molecule has 2 N–H and O–H groups in total. The molecule has 1 aromatic heterocycles. The maximum absolute atomic E-state index is 13.4. The zero-order valence-electron chi connectivity index (χ0n) is 20.0. The summed E-state index contributed by atoms with van der Waals surface area (Å²) in [7, 11) is 0. The standard InChI is InChI=1S/C29H23N5O3/c1-29(21-16-15-19-9-5-6-10-20(19)17-21)26(36)33(28(37)32-29)18-25(35)31-27-30-23-13-7-8-14-24(23)34(27)22-11-3-2-4-12-22/h2-17H,18H2,1H3,(H,32,37)(H,30,31,35). The molecule has 1 fully saturated rings. The van der Waals surface area contributed by atoms with Crippen LogP contribution < -0.4 is 10.6 Å². The highest BCUT2D eigenvalue weighted by Gasteiger charge is 2.49. The quantitative estimate of drug-likeness (QED) is 0.353. The van der Waals surface area contributed by atoms with Gasteiger partial charge in [-0.1, -0.05) is 66.7 Å². The van der Waals surface area contributed by atoms with Gasteiger partial charge < -0.3 is 5.32 Å². The van der Waals surface area contributed by atoms with Gasteiger partial charge in [-0.05, 0) is 53.6 Å². The first kappa shape index (κ1) is 22.5. The number of imide groups is 1. The molecule has 0 aliphatic carbocycles. The van der Waals surface area contributed by atoms with E-state index < -0.39 is 29.9 Å². The van der Waals surface area contributed by atoms with Gasteiger partial charge in [-0.2, -0.15) is 0 Å². The van der Waals surface area contributed by atoms with Crippen LogP contribution in [0.4, 0.5) is 10.7 Å². The van der Waals surface area contributed by atoms with Crippen LogP contribution in [0.3, 0.4) is 0 Å². The third kappa shape index (κ3) is 3.79. The van der Waals surface area contributed by atoms with Crippen molar-refractivity contribution < 1.29 is 14.4 Å². The summed E-state index contributed by atoms with van der Waals surface area (Å²) in [6.45, 7) is 1.22. The third-order valence-electron chi connectivity index (χ3n) is 6.73. The highest BCUT2D eigenvalue weighted by molar-refractivity contribution is 6.10. The van der Waals surface area contributed by atoms with Crippen molar-refractivity contribution in [1.82, 2.24) is 19.8 Å². The Morgan fingerprint density at radius 1 is 0.892 bits per heavy atom.